The van der Waals surface area contributed by atoms with Crippen LogP contribution in [0.1, 0.15) is 11.1 Å². The highest BCUT2D eigenvalue weighted by Gasteiger charge is 2.05. The summed E-state index contributed by atoms with van der Waals surface area (Å²) in [7, 11) is 0. The van der Waals surface area contributed by atoms with Gasteiger partial charge in [-0.15, -0.1) is 0 Å². The van der Waals surface area contributed by atoms with Crippen molar-refractivity contribution in [3.8, 4) is 0 Å². The first-order valence-corrected chi connectivity index (χ1v) is 6.21. The number of hydrogen-bond donors (Lipinski definition) is 2. The lowest BCUT2D eigenvalue weighted by Gasteiger charge is -2.10. The molecule has 3 nitrogen and oxygen atoms in total. The lowest BCUT2D eigenvalue weighted by molar-refractivity contribution is 0.564. The van der Waals surface area contributed by atoms with Crippen LogP contribution in [0.25, 0.3) is 0 Å². The van der Waals surface area contributed by atoms with Gasteiger partial charge < -0.3 is 15.5 Å². The summed E-state index contributed by atoms with van der Waals surface area (Å²) < 4.78 is 5.98. The van der Waals surface area contributed by atoms with E-state index in [2.05, 4.69) is 21.2 Å². The first-order chi connectivity index (χ1) is 8.16. The molecule has 0 saturated heterocycles. The van der Waals surface area contributed by atoms with Crippen LogP contribution in [0.15, 0.2) is 45.7 Å². The summed E-state index contributed by atoms with van der Waals surface area (Å²) in [5.74, 6) is 0. The molecule has 0 fully saturated rings. The molecule has 0 saturated carbocycles. The summed E-state index contributed by atoms with van der Waals surface area (Å²) in [4.78, 5) is 0.382. The molecular formula is C12H11BrN2OS. The number of hydrogen-bond acceptors (Lipinski definition) is 3. The Morgan fingerprint density at radius 3 is 2.88 bits per heavy atom. The highest BCUT2D eigenvalue weighted by molar-refractivity contribution is 9.10. The number of nitrogens with one attached hydrogen (secondary N) is 1. The minimum atomic E-state index is 0.382. The van der Waals surface area contributed by atoms with Crippen molar-refractivity contribution in [2.24, 2.45) is 5.73 Å². The topological polar surface area (TPSA) is 51.2 Å². The van der Waals surface area contributed by atoms with Gasteiger partial charge in [-0.3, -0.25) is 0 Å². The Hall–Kier alpha value is -1.33. The Morgan fingerprint density at radius 1 is 1.41 bits per heavy atom. The zero-order valence-corrected chi connectivity index (χ0v) is 11.3. The van der Waals surface area contributed by atoms with Crippen molar-refractivity contribution >= 4 is 38.8 Å². The second-order valence-electron chi connectivity index (χ2n) is 3.54. The number of thiocarbonyl (C=S) groups is 1. The SMILES string of the molecule is NC(=S)c1ccc(Br)cc1NCc1ccoc1. The smallest absolute Gasteiger partial charge is 0.106 e. The average Bonchev–Trinajstić information content (AvgIpc) is 2.78. The van der Waals surface area contributed by atoms with Crippen molar-refractivity contribution in [3.63, 3.8) is 0 Å². The van der Waals surface area contributed by atoms with Gasteiger partial charge in [0.1, 0.15) is 4.99 Å². The van der Waals surface area contributed by atoms with Crippen molar-refractivity contribution < 1.29 is 4.42 Å². The van der Waals surface area contributed by atoms with E-state index in [-0.39, 0.29) is 0 Å². The summed E-state index contributed by atoms with van der Waals surface area (Å²) in [6, 6.07) is 7.67. The summed E-state index contributed by atoms with van der Waals surface area (Å²) >= 11 is 8.43. The first kappa shape index (κ1) is 12.1. The van der Waals surface area contributed by atoms with Crippen molar-refractivity contribution in [3.05, 3.63) is 52.4 Å². The van der Waals surface area contributed by atoms with Crippen molar-refractivity contribution in [2.45, 2.75) is 6.54 Å². The molecule has 0 aliphatic carbocycles. The zero-order chi connectivity index (χ0) is 12.3. The van der Waals surface area contributed by atoms with E-state index in [1.54, 1.807) is 12.5 Å². The minimum absolute atomic E-state index is 0.382. The van der Waals surface area contributed by atoms with Gasteiger partial charge in [0.2, 0.25) is 0 Å². The molecule has 1 heterocycles. The van der Waals surface area contributed by atoms with E-state index >= 15 is 0 Å². The van der Waals surface area contributed by atoms with E-state index in [9.17, 15) is 0 Å². The Kier molecular flexibility index (Phi) is 3.81. The molecule has 0 amide bonds. The molecule has 3 N–H and O–H groups in total. The van der Waals surface area contributed by atoms with E-state index in [1.807, 2.05) is 24.3 Å². The number of halogens is 1. The molecule has 88 valence electrons. The maximum atomic E-state index is 5.67. The van der Waals surface area contributed by atoms with Crippen LogP contribution in [0.5, 0.6) is 0 Å². The molecule has 17 heavy (non-hydrogen) atoms. The standard InChI is InChI=1S/C12H11BrN2OS/c13-9-1-2-10(12(14)17)11(5-9)15-6-8-3-4-16-7-8/h1-5,7,15H,6H2,(H2,14,17). The van der Waals surface area contributed by atoms with Crippen LogP contribution in [0.4, 0.5) is 5.69 Å². The van der Waals surface area contributed by atoms with Gasteiger partial charge in [-0.25, -0.2) is 0 Å². The van der Waals surface area contributed by atoms with E-state index in [0.29, 0.717) is 11.5 Å². The molecule has 0 radical (unpaired) electrons. The number of anilines is 1. The molecule has 0 aliphatic heterocycles. The second kappa shape index (κ2) is 5.33. The van der Waals surface area contributed by atoms with Gasteiger partial charge in [-0.1, -0.05) is 28.1 Å². The molecule has 0 atom stereocenters. The van der Waals surface area contributed by atoms with E-state index in [0.717, 1.165) is 21.3 Å². The maximum Gasteiger partial charge on any atom is 0.106 e. The average molecular weight is 311 g/mol. The maximum absolute atomic E-state index is 5.67. The lowest BCUT2D eigenvalue weighted by Crippen LogP contribution is -2.13. The fraction of sp³-hybridized carbons (Fsp3) is 0.0833. The zero-order valence-electron chi connectivity index (χ0n) is 8.94. The summed E-state index contributed by atoms with van der Waals surface area (Å²) in [5, 5.41) is 3.28. The summed E-state index contributed by atoms with van der Waals surface area (Å²) in [6.07, 6.45) is 3.35. The number of furan rings is 1. The van der Waals surface area contributed by atoms with E-state index < -0.39 is 0 Å². The van der Waals surface area contributed by atoms with Crippen LogP contribution in [0, 0.1) is 0 Å². The van der Waals surface area contributed by atoms with Crippen LogP contribution in [-0.2, 0) is 6.54 Å². The molecule has 0 bridgehead atoms. The van der Waals surface area contributed by atoms with Gasteiger partial charge in [0.25, 0.3) is 0 Å². The third kappa shape index (κ3) is 3.08. The van der Waals surface area contributed by atoms with Crippen LogP contribution in [0.3, 0.4) is 0 Å². The van der Waals surface area contributed by atoms with Gasteiger partial charge in [0.15, 0.2) is 0 Å². The van der Waals surface area contributed by atoms with Gasteiger partial charge in [-0.05, 0) is 24.3 Å². The van der Waals surface area contributed by atoms with Crippen LogP contribution < -0.4 is 11.1 Å². The van der Waals surface area contributed by atoms with Gasteiger partial charge in [0.05, 0.1) is 12.5 Å². The minimum Gasteiger partial charge on any atom is -0.472 e. The van der Waals surface area contributed by atoms with Crippen molar-refractivity contribution in [2.75, 3.05) is 5.32 Å². The summed E-state index contributed by atoms with van der Waals surface area (Å²) in [6.45, 7) is 0.669. The molecule has 0 aliphatic rings. The Labute approximate surface area is 113 Å². The van der Waals surface area contributed by atoms with Gasteiger partial charge >= 0.3 is 0 Å². The molecule has 1 aromatic carbocycles. The Bertz CT molecular complexity index is 525. The second-order valence-corrected chi connectivity index (χ2v) is 4.89. The van der Waals surface area contributed by atoms with Crippen LogP contribution in [0.2, 0.25) is 0 Å². The highest BCUT2D eigenvalue weighted by Crippen LogP contribution is 2.22. The highest BCUT2D eigenvalue weighted by atomic mass is 79.9. The third-order valence-corrected chi connectivity index (χ3v) is 3.02. The monoisotopic (exact) mass is 310 g/mol. The molecule has 5 heteroatoms. The van der Waals surface area contributed by atoms with E-state index in [4.69, 9.17) is 22.4 Å². The normalized spacial score (nSPS) is 10.2. The van der Waals surface area contributed by atoms with Crippen molar-refractivity contribution in [1.29, 1.82) is 0 Å². The molecule has 0 unspecified atom stereocenters. The third-order valence-electron chi connectivity index (χ3n) is 2.31. The van der Waals surface area contributed by atoms with Crippen molar-refractivity contribution in [1.82, 2.24) is 0 Å². The molecule has 1 aromatic heterocycles. The Balaban J connectivity index is 2.19. The Morgan fingerprint density at radius 2 is 2.24 bits per heavy atom. The number of nitrogens with two attached hydrogens (primary N) is 1. The molecule has 2 aromatic rings. The fourth-order valence-corrected chi connectivity index (χ4v) is 2.01. The van der Waals surface area contributed by atoms with Crippen LogP contribution in [-0.4, -0.2) is 4.99 Å². The molecule has 0 spiro atoms. The number of rotatable bonds is 4. The first-order valence-electron chi connectivity index (χ1n) is 5.01. The largest absolute Gasteiger partial charge is 0.472 e. The van der Waals surface area contributed by atoms with Gasteiger partial charge in [0, 0.05) is 27.8 Å². The van der Waals surface area contributed by atoms with E-state index in [1.165, 1.54) is 0 Å². The molecular weight excluding hydrogens is 300 g/mol. The summed E-state index contributed by atoms with van der Waals surface area (Å²) in [5.41, 5.74) is 8.49. The van der Waals surface area contributed by atoms with Crippen LogP contribution >= 0.6 is 28.1 Å². The fourth-order valence-electron chi connectivity index (χ4n) is 1.47. The molecule has 2 rings (SSSR count). The number of benzene rings is 1. The van der Waals surface area contributed by atoms with Gasteiger partial charge in [-0.2, -0.15) is 0 Å². The predicted molar refractivity (Wildman–Crippen MR) is 76.1 cm³/mol. The predicted octanol–water partition coefficient (Wildman–Crippen LogP) is 3.29. The lowest BCUT2D eigenvalue weighted by atomic mass is 10.1. The quantitative estimate of drug-likeness (QED) is 0.851.